The number of hydrogen-bond acceptors (Lipinski definition) is 3. The summed E-state index contributed by atoms with van der Waals surface area (Å²) in [5.41, 5.74) is 0.488. The molecule has 0 aliphatic heterocycles. The van der Waals surface area contributed by atoms with E-state index in [-0.39, 0.29) is 5.56 Å². The Balaban J connectivity index is 1.86. The quantitative estimate of drug-likeness (QED) is 0.297. The maximum absolute atomic E-state index is 12.9. The molecule has 0 spiro atoms. The minimum atomic E-state index is -3.55. The van der Waals surface area contributed by atoms with Gasteiger partial charge in [0, 0.05) is 0 Å². The van der Waals surface area contributed by atoms with Gasteiger partial charge < -0.3 is 0 Å². The summed E-state index contributed by atoms with van der Waals surface area (Å²) in [6, 6.07) is 32.1. The van der Waals surface area contributed by atoms with Crippen LogP contribution in [0.1, 0.15) is 5.69 Å². The number of rotatable bonds is 5. The molecule has 0 fully saturated rings. The average molecular weight is 497 g/mol. The second-order valence-corrected chi connectivity index (χ2v) is 15.7. The van der Waals surface area contributed by atoms with Crippen LogP contribution in [0.2, 0.25) is 4.34 Å². The monoisotopic (exact) mass is 496 g/mol. The van der Waals surface area contributed by atoms with Gasteiger partial charge in [0.1, 0.15) is 0 Å². The molecule has 5 rings (SSSR count). The van der Waals surface area contributed by atoms with E-state index in [9.17, 15) is 4.79 Å². The number of benzene rings is 3. The topological polar surface area (TPSA) is 34.4 Å². The third-order valence-corrected chi connectivity index (χ3v) is 14.0. The second kappa shape index (κ2) is 8.13. The van der Waals surface area contributed by atoms with Gasteiger partial charge >= 0.3 is 200 Å². The molecule has 3 nitrogen and oxygen atoms in total. The van der Waals surface area contributed by atoms with Gasteiger partial charge in [-0.2, -0.15) is 0 Å². The first-order chi connectivity index (χ1) is 15.5. The standard InChI is InChI=1S/C25H19Cl2N2OPS/c26-23-17-29-24(30)16-19(28-25(29)32-23)18-31(27,20-10-4-1-5-11-20,21-12-6-2-7-13-21)22-14-8-3-9-15-22/h1-17H,18H2. The molecule has 0 atom stereocenters. The molecule has 7 heteroatoms. The summed E-state index contributed by atoms with van der Waals surface area (Å²) in [4.78, 5) is 18.2. The number of halogens is 2. The molecule has 0 N–H and O–H groups in total. The van der Waals surface area contributed by atoms with E-state index in [0.717, 1.165) is 15.9 Å². The SMILES string of the molecule is O=c1cc(CP(Cl)(c2ccccc2)(c2ccccc2)c2ccccc2)nc2sc(Cl)cn12. The first kappa shape index (κ1) is 21.4. The van der Waals surface area contributed by atoms with Crippen LogP contribution in [0.25, 0.3) is 4.96 Å². The molecule has 160 valence electrons. The van der Waals surface area contributed by atoms with Crippen molar-refractivity contribution in [3.8, 4) is 0 Å². The van der Waals surface area contributed by atoms with Crippen molar-refractivity contribution in [3.05, 3.63) is 124 Å². The van der Waals surface area contributed by atoms with Gasteiger partial charge in [0.15, 0.2) is 0 Å². The molecule has 0 aliphatic carbocycles. The Morgan fingerprint density at radius 2 is 1.28 bits per heavy atom. The number of thiazole rings is 1. The van der Waals surface area contributed by atoms with Gasteiger partial charge in [0.2, 0.25) is 0 Å². The third-order valence-electron chi connectivity index (χ3n) is 5.73. The molecule has 3 aromatic carbocycles. The van der Waals surface area contributed by atoms with Gasteiger partial charge in [-0.3, -0.25) is 0 Å². The minimum absolute atomic E-state index is 0.163. The Kier molecular flexibility index (Phi) is 5.43. The summed E-state index contributed by atoms with van der Waals surface area (Å²) >= 11 is 15.5. The third kappa shape index (κ3) is 3.39. The van der Waals surface area contributed by atoms with Crippen LogP contribution in [-0.4, -0.2) is 9.38 Å². The van der Waals surface area contributed by atoms with Gasteiger partial charge in [-0.05, 0) is 0 Å². The van der Waals surface area contributed by atoms with Crippen LogP contribution in [0, 0.1) is 0 Å². The van der Waals surface area contributed by atoms with E-state index < -0.39 is 5.96 Å². The number of hydrogen-bond donors (Lipinski definition) is 0. The van der Waals surface area contributed by atoms with Gasteiger partial charge in [-0.1, -0.05) is 0 Å². The van der Waals surface area contributed by atoms with Crippen molar-refractivity contribution < 1.29 is 0 Å². The molecule has 0 saturated carbocycles. The van der Waals surface area contributed by atoms with Crippen LogP contribution < -0.4 is 21.5 Å². The van der Waals surface area contributed by atoms with E-state index in [1.807, 2.05) is 54.6 Å². The molecule has 0 aliphatic rings. The molecule has 0 saturated heterocycles. The Morgan fingerprint density at radius 1 is 0.812 bits per heavy atom. The Hall–Kier alpha value is -2.49. The molecular formula is C25H19Cl2N2OPS. The van der Waals surface area contributed by atoms with Crippen LogP contribution in [0.4, 0.5) is 0 Å². The fourth-order valence-electron chi connectivity index (χ4n) is 4.24. The van der Waals surface area contributed by atoms with Gasteiger partial charge in [-0.25, -0.2) is 0 Å². The van der Waals surface area contributed by atoms with Gasteiger partial charge in [-0.15, -0.1) is 0 Å². The number of fused-ring (bicyclic) bond motifs is 1. The molecule has 5 aromatic rings. The molecule has 0 amide bonds. The Morgan fingerprint density at radius 3 is 1.75 bits per heavy atom. The Labute approximate surface area is 199 Å². The van der Waals surface area contributed by atoms with Crippen molar-refractivity contribution >= 4 is 61.0 Å². The van der Waals surface area contributed by atoms with Crippen molar-refractivity contribution in [2.24, 2.45) is 0 Å². The second-order valence-electron chi connectivity index (χ2n) is 7.62. The first-order valence-corrected chi connectivity index (χ1v) is 14.6. The van der Waals surface area contributed by atoms with Crippen LogP contribution >= 0.6 is 40.1 Å². The van der Waals surface area contributed by atoms with Crippen LogP contribution in [0.3, 0.4) is 0 Å². The van der Waals surface area contributed by atoms with E-state index in [1.54, 1.807) is 12.3 Å². The molecule has 32 heavy (non-hydrogen) atoms. The predicted molar refractivity (Wildman–Crippen MR) is 139 cm³/mol. The molecule has 0 bridgehead atoms. The molecule has 2 heterocycles. The van der Waals surface area contributed by atoms with Crippen molar-refractivity contribution in [3.63, 3.8) is 0 Å². The summed E-state index contributed by atoms with van der Waals surface area (Å²) in [5, 5.41) is 3.09. The van der Waals surface area contributed by atoms with E-state index in [4.69, 9.17) is 27.8 Å². The fraction of sp³-hybridized carbons (Fsp3) is 0.0400. The van der Waals surface area contributed by atoms with Crippen molar-refractivity contribution in [1.82, 2.24) is 9.38 Å². The van der Waals surface area contributed by atoms with Gasteiger partial charge in [0.25, 0.3) is 0 Å². The zero-order valence-corrected chi connectivity index (χ0v) is 20.2. The van der Waals surface area contributed by atoms with Crippen molar-refractivity contribution in [2.45, 2.75) is 6.16 Å². The summed E-state index contributed by atoms with van der Waals surface area (Å²) in [5.74, 6) is -3.55. The molecule has 0 unspecified atom stereocenters. The average Bonchev–Trinajstić information content (AvgIpc) is 3.21. The van der Waals surface area contributed by atoms with Crippen molar-refractivity contribution in [1.29, 1.82) is 0 Å². The maximum atomic E-state index is 12.9. The first-order valence-electron chi connectivity index (χ1n) is 10.1. The van der Waals surface area contributed by atoms with Crippen molar-refractivity contribution in [2.75, 3.05) is 0 Å². The van der Waals surface area contributed by atoms with Crippen LogP contribution in [-0.2, 0) is 6.16 Å². The Bertz CT molecular complexity index is 1350. The van der Waals surface area contributed by atoms with E-state index in [2.05, 4.69) is 36.4 Å². The van der Waals surface area contributed by atoms with Gasteiger partial charge in [0.05, 0.1) is 0 Å². The summed E-state index contributed by atoms with van der Waals surface area (Å²) in [7, 11) is 0. The fourth-order valence-corrected chi connectivity index (χ4v) is 11.3. The normalized spacial score (nSPS) is 13.0. The number of aromatic nitrogens is 2. The molecule has 2 aromatic heterocycles. The van der Waals surface area contributed by atoms with E-state index >= 15 is 0 Å². The molecular weight excluding hydrogens is 478 g/mol. The van der Waals surface area contributed by atoms with Crippen LogP contribution in [0.5, 0.6) is 0 Å². The summed E-state index contributed by atoms with van der Waals surface area (Å²) in [6.45, 7) is 0. The zero-order valence-electron chi connectivity index (χ0n) is 16.9. The number of nitrogens with zero attached hydrogens (tertiary/aromatic N) is 2. The zero-order chi connectivity index (χ0) is 22.2. The van der Waals surface area contributed by atoms with E-state index in [1.165, 1.54) is 15.7 Å². The summed E-state index contributed by atoms with van der Waals surface area (Å²) < 4.78 is 2.00. The molecule has 0 radical (unpaired) electrons. The van der Waals surface area contributed by atoms with Crippen LogP contribution in [0.15, 0.2) is 108 Å². The predicted octanol–water partition coefficient (Wildman–Crippen LogP) is 5.59. The summed E-state index contributed by atoms with van der Waals surface area (Å²) in [6.07, 6.45) is 2.01. The van der Waals surface area contributed by atoms with E-state index in [0.29, 0.717) is 21.2 Å².